The van der Waals surface area contributed by atoms with Gasteiger partial charge in [0, 0.05) is 23.4 Å². The van der Waals surface area contributed by atoms with Gasteiger partial charge >= 0.3 is 0 Å². The van der Waals surface area contributed by atoms with Crippen LogP contribution in [0.25, 0.3) is 17.0 Å². The number of rotatable bonds is 10. The highest BCUT2D eigenvalue weighted by molar-refractivity contribution is 14.2. The number of pyridine rings is 1. The number of carbonyl (C=O) groups is 1. The molecule has 0 spiro atoms. The summed E-state index contributed by atoms with van der Waals surface area (Å²) in [6.07, 6.45) is 5.64. The lowest BCUT2D eigenvalue weighted by Gasteiger charge is -2.10. The number of benzene rings is 1. The van der Waals surface area contributed by atoms with E-state index in [4.69, 9.17) is 13.8 Å². The number of nitrogens with zero attached hydrogens (tertiary/aromatic N) is 4. The van der Waals surface area contributed by atoms with Crippen LogP contribution in [0.4, 0.5) is 5.69 Å². The van der Waals surface area contributed by atoms with Gasteiger partial charge in [-0.05, 0) is 65.1 Å². The Bertz CT molecular complexity index is 1320. The Morgan fingerprint density at radius 2 is 2.18 bits per heavy atom. The molecule has 1 aliphatic carbocycles. The van der Waals surface area contributed by atoms with Crippen LogP contribution in [0, 0.1) is 6.92 Å². The highest BCUT2D eigenvalue weighted by Crippen LogP contribution is 2.39. The maximum atomic E-state index is 13.2. The largest absolute Gasteiger partial charge is 0.374 e. The van der Waals surface area contributed by atoms with E-state index in [2.05, 4.69) is 42.5 Å². The van der Waals surface area contributed by atoms with Crippen molar-refractivity contribution in [1.29, 1.82) is 0 Å². The number of aromatic nitrogens is 4. The number of amides is 1. The Morgan fingerprint density at radius 3 is 3.00 bits per heavy atom. The molecule has 3 heterocycles. The van der Waals surface area contributed by atoms with E-state index < -0.39 is 0 Å². The number of imidazole rings is 1. The van der Waals surface area contributed by atoms with Gasteiger partial charge in [0.2, 0.25) is 11.7 Å². The number of anilines is 1. The van der Waals surface area contributed by atoms with Crippen molar-refractivity contribution >= 4 is 45.7 Å². The zero-order valence-electron chi connectivity index (χ0n) is 18.5. The van der Waals surface area contributed by atoms with Crippen molar-refractivity contribution in [3.8, 4) is 11.4 Å². The third-order valence-electron chi connectivity index (χ3n) is 5.56. The Labute approximate surface area is 211 Å². The van der Waals surface area contributed by atoms with Crippen LogP contribution < -0.4 is 5.32 Å². The predicted octanol–water partition coefficient (Wildman–Crippen LogP) is 5.30. The monoisotopic (exact) mass is 591 g/mol. The Morgan fingerprint density at radius 1 is 1.29 bits per heavy atom. The van der Waals surface area contributed by atoms with Gasteiger partial charge < -0.3 is 19.1 Å². The van der Waals surface area contributed by atoms with Gasteiger partial charge in [0.15, 0.2) is 0 Å². The van der Waals surface area contributed by atoms with E-state index in [1.165, 1.54) is 0 Å². The quantitative estimate of drug-likeness (QED) is 0.152. The minimum absolute atomic E-state index is 0.256. The predicted molar refractivity (Wildman–Crippen MR) is 138 cm³/mol. The molecule has 1 aromatic carbocycles. The number of hydrogen-bond donors (Lipinski definition) is 1. The van der Waals surface area contributed by atoms with Crippen molar-refractivity contribution in [2.75, 3.05) is 18.5 Å². The van der Waals surface area contributed by atoms with E-state index >= 15 is 0 Å². The fourth-order valence-electron chi connectivity index (χ4n) is 3.54. The first-order valence-corrected chi connectivity index (χ1v) is 14.9. The number of carbonyl (C=O) groups excluding carboxylic acids is 1. The second-order valence-electron chi connectivity index (χ2n) is 8.10. The number of hydrogen-bond acceptors (Lipinski definition) is 7. The first kappa shape index (κ1) is 23.3. The SMILES string of the molecule is Cc1ccc(-c2noc(C3CC3)n2)cc1NC(=O)c1cnc2ccc(COCCOPI)cn12. The average molecular weight is 591 g/mol. The standard InChI is InChI=1S/C23H23IN5O4P/c1-14-2-4-17(21-27-23(33-28-21)16-5-6-16)10-18(14)26-22(30)19-11-25-20-7-3-15(12-29(19)20)13-31-8-9-32-34-24/h2-4,7,10-12,16,34H,5-6,8-9,13H2,1H3,(H,26,30). The molecule has 1 unspecified atom stereocenters. The molecular weight excluding hydrogens is 568 g/mol. The molecule has 1 saturated carbocycles. The number of ether oxygens (including phenoxy) is 1. The van der Waals surface area contributed by atoms with Crippen molar-refractivity contribution in [2.45, 2.75) is 32.3 Å². The molecule has 0 radical (unpaired) electrons. The van der Waals surface area contributed by atoms with E-state index in [1.54, 1.807) is 10.6 Å². The van der Waals surface area contributed by atoms with Crippen LogP contribution in [0.15, 0.2) is 47.2 Å². The number of halogens is 1. The first-order valence-electron chi connectivity index (χ1n) is 10.9. The van der Waals surface area contributed by atoms with Gasteiger partial charge in [0.05, 0.1) is 32.5 Å². The summed E-state index contributed by atoms with van der Waals surface area (Å²) in [5, 5.41) is 7.12. The lowest BCUT2D eigenvalue weighted by Crippen LogP contribution is -2.15. The summed E-state index contributed by atoms with van der Waals surface area (Å²) in [6, 6.07) is 9.55. The highest BCUT2D eigenvalue weighted by Gasteiger charge is 2.29. The molecule has 0 bridgehead atoms. The summed E-state index contributed by atoms with van der Waals surface area (Å²) >= 11 is 2.18. The molecular formula is C23H23IN5O4P. The molecule has 1 fully saturated rings. The topological polar surface area (TPSA) is 104 Å². The Kier molecular flexibility index (Phi) is 7.19. The van der Waals surface area contributed by atoms with E-state index in [1.807, 2.05) is 43.5 Å². The third-order valence-corrected chi connectivity index (χ3v) is 6.81. The van der Waals surface area contributed by atoms with E-state index in [0.717, 1.165) is 29.5 Å². The van der Waals surface area contributed by atoms with E-state index in [9.17, 15) is 4.79 Å². The molecule has 3 aromatic heterocycles. The van der Waals surface area contributed by atoms with E-state index in [0.29, 0.717) is 60.9 Å². The molecule has 176 valence electrons. The number of aryl methyl sites for hydroxylation is 1. The molecule has 1 atom stereocenters. The van der Waals surface area contributed by atoms with E-state index in [-0.39, 0.29) is 5.91 Å². The highest BCUT2D eigenvalue weighted by atomic mass is 127. The van der Waals surface area contributed by atoms with Gasteiger partial charge in [-0.25, -0.2) is 4.98 Å². The fraction of sp³-hybridized carbons (Fsp3) is 0.304. The molecule has 11 heteroatoms. The zero-order valence-corrected chi connectivity index (χ0v) is 21.6. The summed E-state index contributed by atoms with van der Waals surface area (Å²) in [7, 11) is 0. The summed E-state index contributed by atoms with van der Waals surface area (Å²) in [6.45, 7) is 3.87. The van der Waals surface area contributed by atoms with Crippen LogP contribution in [0.5, 0.6) is 0 Å². The van der Waals surface area contributed by atoms with Crippen molar-refractivity contribution < 1.29 is 18.6 Å². The lowest BCUT2D eigenvalue weighted by molar-refractivity contribution is 0.0943. The van der Waals surface area contributed by atoms with Crippen LogP contribution >= 0.6 is 28.5 Å². The maximum Gasteiger partial charge on any atom is 0.274 e. The van der Waals surface area contributed by atoms with Crippen LogP contribution in [0.3, 0.4) is 0 Å². The smallest absolute Gasteiger partial charge is 0.274 e. The lowest BCUT2D eigenvalue weighted by atomic mass is 10.1. The second-order valence-corrected chi connectivity index (χ2v) is 9.87. The van der Waals surface area contributed by atoms with Crippen molar-refractivity contribution in [3.05, 3.63) is 65.4 Å². The minimum atomic E-state index is -0.256. The van der Waals surface area contributed by atoms with Crippen LogP contribution in [0.2, 0.25) is 0 Å². The summed E-state index contributed by atoms with van der Waals surface area (Å²) in [5.41, 5.74) is 4.48. The number of nitrogens with one attached hydrogen (secondary N) is 1. The van der Waals surface area contributed by atoms with Gasteiger partial charge in [0.25, 0.3) is 5.91 Å². The minimum Gasteiger partial charge on any atom is -0.374 e. The van der Waals surface area contributed by atoms with Crippen molar-refractivity contribution in [1.82, 2.24) is 19.5 Å². The van der Waals surface area contributed by atoms with Crippen LogP contribution in [0.1, 0.15) is 46.3 Å². The number of fused-ring (bicyclic) bond motifs is 1. The summed E-state index contributed by atoms with van der Waals surface area (Å²) < 4.78 is 18.1. The normalized spacial score (nSPS) is 13.8. The maximum absolute atomic E-state index is 13.2. The third kappa shape index (κ3) is 5.30. The summed E-state index contributed by atoms with van der Waals surface area (Å²) in [4.78, 5) is 22.0. The average Bonchev–Trinajstić information content (AvgIpc) is 3.41. The molecule has 4 aromatic rings. The Hall–Kier alpha value is -2.40. The summed E-state index contributed by atoms with van der Waals surface area (Å²) in [5.74, 6) is 1.35. The fourth-order valence-corrected chi connectivity index (χ4v) is 4.36. The van der Waals surface area contributed by atoms with Crippen molar-refractivity contribution in [2.24, 2.45) is 0 Å². The molecule has 0 saturated heterocycles. The molecule has 9 nitrogen and oxygen atoms in total. The van der Waals surface area contributed by atoms with Gasteiger partial charge in [0.1, 0.15) is 11.3 Å². The molecule has 1 amide bonds. The molecule has 0 aliphatic heterocycles. The van der Waals surface area contributed by atoms with Gasteiger partial charge in [-0.15, -0.1) is 0 Å². The molecule has 34 heavy (non-hydrogen) atoms. The second kappa shape index (κ2) is 10.5. The molecule has 5 rings (SSSR count). The first-order chi connectivity index (χ1) is 16.6. The molecule has 1 aliphatic rings. The van der Waals surface area contributed by atoms with Crippen LogP contribution in [-0.2, 0) is 15.9 Å². The van der Waals surface area contributed by atoms with Gasteiger partial charge in [-0.2, -0.15) is 4.98 Å². The van der Waals surface area contributed by atoms with Crippen LogP contribution in [-0.4, -0.2) is 38.6 Å². The molecule has 1 N–H and O–H groups in total. The van der Waals surface area contributed by atoms with Crippen molar-refractivity contribution in [3.63, 3.8) is 0 Å². The zero-order chi connectivity index (χ0) is 23.5. The van der Waals surface area contributed by atoms with Gasteiger partial charge in [-0.3, -0.25) is 9.20 Å². The van der Waals surface area contributed by atoms with Gasteiger partial charge in [-0.1, -0.05) is 23.4 Å². The Balaban J connectivity index is 1.32.